The minimum Gasteiger partial charge on any atom is -0.465 e. The molecule has 3 aliphatic rings. The fourth-order valence-corrected chi connectivity index (χ4v) is 11.4. The summed E-state index contributed by atoms with van der Waals surface area (Å²) in [6.07, 6.45) is 22.9. The van der Waals surface area contributed by atoms with E-state index in [2.05, 4.69) is 76.2 Å². The second-order valence-corrected chi connectivity index (χ2v) is 20.3. The number of carbonyl (C=O) groups is 2. The van der Waals surface area contributed by atoms with Crippen molar-refractivity contribution >= 4 is 11.9 Å². The van der Waals surface area contributed by atoms with Crippen LogP contribution in [0.25, 0.3) is 0 Å². The topological polar surface area (TPSA) is 52.6 Å². The summed E-state index contributed by atoms with van der Waals surface area (Å²) in [4.78, 5) is 27.3. The largest absolute Gasteiger partial charge is 0.465 e. The van der Waals surface area contributed by atoms with E-state index in [1.54, 1.807) is 0 Å². The zero-order chi connectivity index (χ0) is 37.8. The molecule has 3 saturated carbocycles. The first kappa shape index (κ1) is 44.3. The molecule has 3 aliphatic carbocycles. The van der Waals surface area contributed by atoms with Crippen LogP contribution in [0.4, 0.5) is 0 Å². The van der Waals surface area contributed by atoms with Gasteiger partial charge < -0.3 is 9.47 Å². The molecule has 0 bridgehead atoms. The summed E-state index contributed by atoms with van der Waals surface area (Å²) < 4.78 is 12.2. The molecule has 0 aliphatic heterocycles. The Kier molecular flexibility index (Phi) is 18.4. The fourth-order valence-electron chi connectivity index (χ4n) is 11.4. The third-order valence-corrected chi connectivity index (χ3v) is 15.1. The predicted octanol–water partition coefficient (Wildman–Crippen LogP) is 13.5. The fraction of sp³-hybridized carbons (Fsp3) is 0.957. The third-order valence-electron chi connectivity index (χ3n) is 15.1. The van der Waals surface area contributed by atoms with Crippen LogP contribution in [0, 0.1) is 75.9 Å². The highest BCUT2D eigenvalue weighted by Gasteiger charge is 2.44. The molecule has 0 radical (unpaired) electrons. The van der Waals surface area contributed by atoms with Crippen LogP contribution < -0.4 is 0 Å². The number of unbranched alkanes of at least 4 members (excludes halogenated alkanes) is 2. The molecule has 4 nitrogen and oxygen atoms in total. The molecular formula is C47H86O4. The van der Waals surface area contributed by atoms with E-state index in [1.165, 1.54) is 77.0 Å². The lowest BCUT2D eigenvalue weighted by atomic mass is 9.61. The van der Waals surface area contributed by atoms with Crippen LogP contribution in [-0.2, 0) is 19.1 Å². The van der Waals surface area contributed by atoms with E-state index in [1.807, 2.05) is 0 Å². The second-order valence-electron chi connectivity index (χ2n) is 20.3. The first-order chi connectivity index (χ1) is 24.1. The van der Waals surface area contributed by atoms with E-state index in [0.717, 1.165) is 68.6 Å². The second kappa shape index (κ2) is 21.1. The summed E-state index contributed by atoms with van der Waals surface area (Å²) in [7, 11) is 0. The van der Waals surface area contributed by atoms with E-state index in [4.69, 9.17) is 9.47 Å². The van der Waals surface area contributed by atoms with Crippen LogP contribution in [0.5, 0.6) is 0 Å². The van der Waals surface area contributed by atoms with E-state index in [0.29, 0.717) is 47.7 Å². The van der Waals surface area contributed by atoms with Crippen LogP contribution in [0.2, 0.25) is 0 Å². The zero-order valence-corrected chi connectivity index (χ0v) is 35.8. The first-order valence-electron chi connectivity index (χ1n) is 22.4. The molecule has 3 fully saturated rings. The number of carbonyl (C=O) groups excluding carboxylic acids is 2. The van der Waals surface area contributed by atoms with Gasteiger partial charge in [-0.2, -0.15) is 0 Å². The predicted molar refractivity (Wildman–Crippen MR) is 215 cm³/mol. The van der Waals surface area contributed by atoms with Crippen LogP contribution in [0.3, 0.4) is 0 Å². The van der Waals surface area contributed by atoms with Crippen molar-refractivity contribution in [3.05, 3.63) is 0 Å². The molecule has 0 saturated heterocycles. The summed E-state index contributed by atoms with van der Waals surface area (Å²) in [6, 6.07) is 0. The normalized spacial score (nSPS) is 35.4. The zero-order valence-electron chi connectivity index (χ0n) is 35.8. The smallest absolute Gasteiger partial charge is 0.310 e. The van der Waals surface area contributed by atoms with E-state index < -0.39 is 0 Å². The Balaban J connectivity index is 1.45. The van der Waals surface area contributed by atoms with Crippen LogP contribution >= 0.6 is 0 Å². The van der Waals surface area contributed by atoms with E-state index >= 15 is 0 Å². The highest BCUT2D eigenvalue weighted by molar-refractivity contribution is 5.82. The Morgan fingerprint density at radius 2 is 1.10 bits per heavy atom. The molecule has 0 spiro atoms. The first-order valence-corrected chi connectivity index (χ1v) is 22.4. The molecule has 0 heterocycles. The molecule has 13 atom stereocenters. The van der Waals surface area contributed by atoms with Crippen molar-refractivity contribution in [1.29, 1.82) is 0 Å². The molecule has 0 amide bonds. The molecule has 13 unspecified atom stereocenters. The summed E-state index contributed by atoms with van der Waals surface area (Å²) in [6.45, 7) is 27.4. The highest BCUT2D eigenvalue weighted by Crippen LogP contribution is 2.49. The van der Waals surface area contributed by atoms with Gasteiger partial charge in [-0.15, -0.1) is 0 Å². The third kappa shape index (κ3) is 13.6. The van der Waals surface area contributed by atoms with Crippen LogP contribution in [0.15, 0.2) is 0 Å². The number of esters is 2. The van der Waals surface area contributed by atoms with Crippen molar-refractivity contribution in [2.45, 2.75) is 198 Å². The van der Waals surface area contributed by atoms with Gasteiger partial charge in [-0.1, -0.05) is 121 Å². The van der Waals surface area contributed by atoms with E-state index in [-0.39, 0.29) is 29.7 Å². The van der Waals surface area contributed by atoms with Gasteiger partial charge in [0.05, 0.1) is 25.0 Å². The van der Waals surface area contributed by atoms with Gasteiger partial charge in [-0.3, -0.25) is 9.59 Å². The van der Waals surface area contributed by atoms with Crippen LogP contribution in [-0.4, -0.2) is 25.2 Å². The minimum atomic E-state index is -0.372. The van der Waals surface area contributed by atoms with Gasteiger partial charge in [0.1, 0.15) is 0 Å². The van der Waals surface area contributed by atoms with Crippen molar-refractivity contribution in [2.24, 2.45) is 75.9 Å². The molecule has 4 heteroatoms. The average molecular weight is 715 g/mol. The van der Waals surface area contributed by atoms with Crippen molar-refractivity contribution in [3.8, 4) is 0 Å². The molecule has 298 valence electrons. The number of ether oxygens (including phenoxy) is 2. The molecule has 3 rings (SSSR count). The molecule has 0 N–H and O–H groups in total. The Bertz CT molecular complexity index is 1020. The molecular weight excluding hydrogens is 629 g/mol. The lowest BCUT2D eigenvalue weighted by Crippen LogP contribution is -2.41. The Morgan fingerprint density at radius 3 is 1.53 bits per heavy atom. The van der Waals surface area contributed by atoms with Gasteiger partial charge in [-0.25, -0.2) is 0 Å². The maximum Gasteiger partial charge on any atom is 0.310 e. The lowest BCUT2D eigenvalue weighted by Gasteiger charge is -2.45. The Hall–Kier alpha value is -1.06. The SMILES string of the molecule is CCCCC(C)CC(C)CC1(C)CCC(COC(=O)C2CCCC(C)C2C(=O)OCC2CCC(C)(CC(C)CC(C)CCCC)C(C)C2)CC1C. The molecule has 0 aromatic carbocycles. The summed E-state index contributed by atoms with van der Waals surface area (Å²) in [5, 5.41) is 0. The molecule has 0 aromatic rings. The number of rotatable bonds is 20. The molecule has 51 heavy (non-hydrogen) atoms. The lowest BCUT2D eigenvalue weighted by molar-refractivity contribution is -0.167. The monoisotopic (exact) mass is 715 g/mol. The molecule has 0 aromatic heterocycles. The van der Waals surface area contributed by atoms with Gasteiger partial charge in [-0.05, 0) is 141 Å². The van der Waals surface area contributed by atoms with Gasteiger partial charge in [0, 0.05) is 0 Å². The minimum absolute atomic E-state index is 0.153. The maximum atomic E-state index is 13.7. The standard InChI is InChI=1S/C47H86O4/c1-12-14-17-33(3)25-35(5)29-46(10)23-21-40(27-38(46)8)31-50-44(48)42-20-16-19-37(7)43(42)45(49)51-32-41-22-24-47(11,39(9)28-41)30-36(6)26-34(4)18-15-13-2/h33-43H,12-32H2,1-11H3. The van der Waals surface area contributed by atoms with Crippen molar-refractivity contribution in [2.75, 3.05) is 13.2 Å². The Labute approximate surface area is 317 Å². The van der Waals surface area contributed by atoms with Crippen molar-refractivity contribution in [1.82, 2.24) is 0 Å². The average Bonchev–Trinajstić information content (AvgIpc) is 3.07. The van der Waals surface area contributed by atoms with Gasteiger partial charge in [0.25, 0.3) is 0 Å². The van der Waals surface area contributed by atoms with Gasteiger partial charge >= 0.3 is 11.9 Å². The summed E-state index contributed by atoms with van der Waals surface area (Å²) in [5.41, 5.74) is 0.745. The van der Waals surface area contributed by atoms with Gasteiger partial charge in [0.2, 0.25) is 0 Å². The summed E-state index contributed by atoms with van der Waals surface area (Å²) in [5.74, 6) is 4.37. The number of hydrogen-bond acceptors (Lipinski definition) is 4. The highest BCUT2D eigenvalue weighted by atomic mass is 16.5. The Morgan fingerprint density at radius 1 is 0.647 bits per heavy atom. The van der Waals surface area contributed by atoms with Gasteiger partial charge in [0.15, 0.2) is 0 Å². The maximum absolute atomic E-state index is 13.7. The number of hydrogen-bond donors (Lipinski definition) is 0. The van der Waals surface area contributed by atoms with E-state index in [9.17, 15) is 9.59 Å². The quantitative estimate of drug-likeness (QED) is 0.118. The van der Waals surface area contributed by atoms with Crippen LogP contribution in [0.1, 0.15) is 198 Å². The van der Waals surface area contributed by atoms with Crippen molar-refractivity contribution in [3.63, 3.8) is 0 Å². The van der Waals surface area contributed by atoms with Crippen molar-refractivity contribution < 1.29 is 19.1 Å². The summed E-state index contributed by atoms with van der Waals surface area (Å²) >= 11 is 0.